The van der Waals surface area contributed by atoms with Crippen molar-refractivity contribution in [1.82, 2.24) is 14.1 Å². The molecule has 0 bridgehead atoms. The van der Waals surface area contributed by atoms with Crippen molar-refractivity contribution in [3.63, 3.8) is 0 Å². The number of nitrogens with two attached hydrogens (primary N) is 1. The van der Waals surface area contributed by atoms with E-state index in [0.717, 1.165) is 12.8 Å². The first-order valence-electron chi connectivity index (χ1n) is 5.67. The van der Waals surface area contributed by atoms with E-state index in [1.165, 1.54) is 8.99 Å². The van der Waals surface area contributed by atoms with Crippen molar-refractivity contribution >= 4 is 10.0 Å². The van der Waals surface area contributed by atoms with Crippen LogP contribution in [0.25, 0.3) is 0 Å². The standard InChI is InChI=1S/C10H18N4O2S/c1-8-10(7-13(2)12-8)17(15,16)14-5-3-9(11)4-6-14/h7,9H,3-6,11H2,1-2H3. The highest BCUT2D eigenvalue weighted by molar-refractivity contribution is 7.89. The molecule has 1 fully saturated rings. The Hall–Kier alpha value is -0.920. The summed E-state index contributed by atoms with van der Waals surface area (Å²) in [6.45, 7) is 2.71. The van der Waals surface area contributed by atoms with E-state index in [-0.39, 0.29) is 6.04 Å². The van der Waals surface area contributed by atoms with Crippen molar-refractivity contribution in [2.75, 3.05) is 13.1 Å². The largest absolute Gasteiger partial charge is 0.328 e. The van der Waals surface area contributed by atoms with E-state index in [0.29, 0.717) is 23.7 Å². The zero-order valence-electron chi connectivity index (χ0n) is 10.1. The third-order valence-corrected chi connectivity index (χ3v) is 5.09. The number of sulfonamides is 1. The van der Waals surface area contributed by atoms with E-state index in [1.807, 2.05) is 0 Å². The lowest BCUT2D eigenvalue weighted by molar-refractivity contribution is 0.320. The van der Waals surface area contributed by atoms with Crippen molar-refractivity contribution < 1.29 is 8.42 Å². The van der Waals surface area contributed by atoms with Crippen LogP contribution in [0.2, 0.25) is 0 Å². The summed E-state index contributed by atoms with van der Waals surface area (Å²) in [4.78, 5) is 0.301. The molecule has 0 aliphatic carbocycles. The van der Waals surface area contributed by atoms with Crippen LogP contribution in [0.5, 0.6) is 0 Å². The fraction of sp³-hybridized carbons (Fsp3) is 0.700. The second-order valence-corrected chi connectivity index (χ2v) is 6.40. The van der Waals surface area contributed by atoms with Gasteiger partial charge < -0.3 is 5.73 Å². The van der Waals surface area contributed by atoms with Crippen molar-refractivity contribution in [3.8, 4) is 0 Å². The van der Waals surface area contributed by atoms with E-state index >= 15 is 0 Å². The lowest BCUT2D eigenvalue weighted by Crippen LogP contribution is -2.42. The Labute approximate surface area is 101 Å². The molecule has 1 aliphatic heterocycles. The summed E-state index contributed by atoms with van der Waals surface area (Å²) in [6.07, 6.45) is 3.00. The summed E-state index contributed by atoms with van der Waals surface area (Å²) in [5.41, 5.74) is 6.32. The Morgan fingerprint density at radius 2 is 2.00 bits per heavy atom. The number of nitrogens with zero attached hydrogens (tertiary/aromatic N) is 3. The second-order valence-electron chi connectivity index (χ2n) is 4.49. The lowest BCUT2D eigenvalue weighted by atomic mass is 10.1. The van der Waals surface area contributed by atoms with Gasteiger partial charge in [0, 0.05) is 32.4 Å². The topological polar surface area (TPSA) is 81.2 Å². The Kier molecular flexibility index (Phi) is 3.24. The molecule has 1 aromatic rings. The fourth-order valence-electron chi connectivity index (χ4n) is 2.09. The molecule has 96 valence electrons. The van der Waals surface area contributed by atoms with Crippen LogP contribution in [0, 0.1) is 6.92 Å². The number of hydrogen-bond acceptors (Lipinski definition) is 4. The minimum Gasteiger partial charge on any atom is -0.328 e. The molecule has 2 N–H and O–H groups in total. The van der Waals surface area contributed by atoms with Crippen molar-refractivity contribution in [1.29, 1.82) is 0 Å². The van der Waals surface area contributed by atoms with Gasteiger partial charge in [-0.2, -0.15) is 9.40 Å². The zero-order chi connectivity index (χ0) is 12.6. The Bertz CT molecular complexity index is 500. The number of aromatic nitrogens is 2. The molecule has 0 spiro atoms. The quantitative estimate of drug-likeness (QED) is 0.799. The Morgan fingerprint density at radius 3 is 2.47 bits per heavy atom. The van der Waals surface area contributed by atoms with Crippen LogP contribution < -0.4 is 5.73 Å². The molecule has 0 saturated carbocycles. The van der Waals surface area contributed by atoms with Gasteiger partial charge in [0.25, 0.3) is 0 Å². The molecule has 1 aromatic heterocycles. The van der Waals surface area contributed by atoms with Gasteiger partial charge in [0.2, 0.25) is 10.0 Å². The van der Waals surface area contributed by atoms with Gasteiger partial charge in [-0.05, 0) is 19.8 Å². The summed E-state index contributed by atoms with van der Waals surface area (Å²) in [7, 11) is -1.68. The summed E-state index contributed by atoms with van der Waals surface area (Å²) in [5, 5.41) is 4.07. The molecule has 1 saturated heterocycles. The van der Waals surface area contributed by atoms with Gasteiger partial charge in [-0.25, -0.2) is 8.42 Å². The van der Waals surface area contributed by atoms with Crippen LogP contribution in [-0.4, -0.2) is 41.6 Å². The molecule has 0 atom stereocenters. The highest BCUT2D eigenvalue weighted by Crippen LogP contribution is 2.21. The van der Waals surface area contributed by atoms with Crippen LogP contribution in [0.1, 0.15) is 18.5 Å². The first-order valence-corrected chi connectivity index (χ1v) is 7.11. The van der Waals surface area contributed by atoms with E-state index in [4.69, 9.17) is 5.73 Å². The van der Waals surface area contributed by atoms with Crippen LogP contribution >= 0.6 is 0 Å². The maximum Gasteiger partial charge on any atom is 0.246 e. The monoisotopic (exact) mass is 258 g/mol. The van der Waals surface area contributed by atoms with Gasteiger partial charge in [-0.15, -0.1) is 0 Å². The van der Waals surface area contributed by atoms with Crippen molar-refractivity contribution in [3.05, 3.63) is 11.9 Å². The first-order chi connectivity index (χ1) is 7.91. The number of hydrogen-bond donors (Lipinski definition) is 1. The smallest absolute Gasteiger partial charge is 0.246 e. The number of aryl methyl sites for hydroxylation is 2. The average Bonchev–Trinajstić information content (AvgIpc) is 2.59. The van der Waals surface area contributed by atoms with Gasteiger partial charge in [-0.1, -0.05) is 0 Å². The summed E-state index contributed by atoms with van der Waals surface area (Å²) in [6, 6.07) is 0.122. The Balaban J connectivity index is 2.28. The summed E-state index contributed by atoms with van der Waals surface area (Å²) < 4.78 is 27.7. The maximum absolute atomic E-state index is 12.4. The average molecular weight is 258 g/mol. The molecular weight excluding hydrogens is 240 g/mol. The summed E-state index contributed by atoms with van der Waals surface area (Å²) >= 11 is 0. The fourth-order valence-corrected chi connectivity index (χ4v) is 3.76. The molecule has 2 rings (SSSR count). The van der Waals surface area contributed by atoms with Crippen LogP contribution in [0.3, 0.4) is 0 Å². The third-order valence-electron chi connectivity index (χ3n) is 3.08. The van der Waals surface area contributed by atoms with E-state index in [2.05, 4.69) is 5.10 Å². The van der Waals surface area contributed by atoms with E-state index in [1.54, 1.807) is 20.2 Å². The number of piperidine rings is 1. The second kappa shape index (κ2) is 4.40. The van der Waals surface area contributed by atoms with Gasteiger partial charge in [0.15, 0.2) is 0 Å². The SMILES string of the molecule is Cc1nn(C)cc1S(=O)(=O)N1CCC(N)CC1. The molecule has 0 unspecified atom stereocenters. The predicted octanol–water partition coefficient (Wildman–Crippen LogP) is -0.160. The van der Waals surface area contributed by atoms with Crippen LogP contribution in [0.4, 0.5) is 0 Å². The third kappa shape index (κ3) is 2.36. The number of rotatable bonds is 2. The maximum atomic E-state index is 12.4. The van der Waals surface area contributed by atoms with Crippen LogP contribution in [-0.2, 0) is 17.1 Å². The van der Waals surface area contributed by atoms with E-state index in [9.17, 15) is 8.42 Å². The predicted molar refractivity (Wildman–Crippen MR) is 63.9 cm³/mol. The van der Waals surface area contributed by atoms with Crippen LogP contribution in [0.15, 0.2) is 11.1 Å². The molecule has 7 heteroatoms. The van der Waals surface area contributed by atoms with Gasteiger partial charge in [0.1, 0.15) is 4.90 Å². The summed E-state index contributed by atoms with van der Waals surface area (Å²) in [5.74, 6) is 0. The molecular formula is C10H18N4O2S. The molecule has 0 aromatic carbocycles. The first kappa shape index (κ1) is 12.5. The molecule has 0 amide bonds. The highest BCUT2D eigenvalue weighted by atomic mass is 32.2. The minimum atomic E-state index is -3.40. The van der Waals surface area contributed by atoms with Crippen molar-refractivity contribution in [2.24, 2.45) is 12.8 Å². The minimum absolute atomic E-state index is 0.122. The Morgan fingerprint density at radius 1 is 1.41 bits per heavy atom. The van der Waals surface area contributed by atoms with Gasteiger partial charge >= 0.3 is 0 Å². The lowest BCUT2D eigenvalue weighted by Gasteiger charge is -2.28. The van der Waals surface area contributed by atoms with Crippen molar-refractivity contribution in [2.45, 2.75) is 30.7 Å². The normalized spacial score (nSPS) is 19.7. The molecule has 6 nitrogen and oxygen atoms in total. The zero-order valence-corrected chi connectivity index (χ0v) is 10.9. The molecule has 0 radical (unpaired) electrons. The molecule has 1 aliphatic rings. The van der Waals surface area contributed by atoms with Gasteiger partial charge in [-0.3, -0.25) is 4.68 Å². The molecule has 2 heterocycles. The van der Waals surface area contributed by atoms with Gasteiger partial charge in [0.05, 0.1) is 5.69 Å². The highest BCUT2D eigenvalue weighted by Gasteiger charge is 2.30. The molecule has 17 heavy (non-hydrogen) atoms. The van der Waals surface area contributed by atoms with E-state index < -0.39 is 10.0 Å².